The van der Waals surface area contributed by atoms with E-state index in [0.717, 1.165) is 11.4 Å². The number of carbonyl (C=O) groups is 2. The number of amides is 1. The molecule has 6 nitrogen and oxygen atoms in total. The average Bonchev–Trinajstić information content (AvgIpc) is 2.97. The Morgan fingerprint density at radius 2 is 2.04 bits per heavy atom. The summed E-state index contributed by atoms with van der Waals surface area (Å²) in [5, 5.41) is 3.22. The van der Waals surface area contributed by atoms with Crippen LogP contribution >= 0.6 is 15.9 Å². The van der Waals surface area contributed by atoms with Gasteiger partial charge in [-0.15, -0.1) is 0 Å². The predicted octanol–water partition coefficient (Wildman–Crippen LogP) is 3.44. The summed E-state index contributed by atoms with van der Waals surface area (Å²) in [6.07, 6.45) is 0. The highest BCUT2D eigenvalue weighted by atomic mass is 79.9. The molecule has 0 saturated carbocycles. The fourth-order valence-electron chi connectivity index (χ4n) is 2.60. The first-order chi connectivity index (χ1) is 11.4. The highest BCUT2D eigenvalue weighted by Gasteiger charge is 2.38. The van der Waals surface area contributed by atoms with Crippen LogP contribution in [0.3, 0.4) is 0 Å². The fourth-order valence-corrected chi connectivity index (χ4v) is 2.90. The van der Waals surface area contributed by atoms with Crippen molar-refractivity contribution in [1.29, 1.82) is 0 Å². The molecular weight excluding hydrogens is 376 g/mol. The molecule has 2 heterocycles. The van der Waals surface area contributed by atoms with Gasteiger partial charge in [-0.1, -0.05) is 12.1 Å². The molecule has 2 aromatic rings. The van der Waals surface area contributed by atoms with E-state index >= 15 is 0 Å². The smallest absolute Gasteiger partial charge is 0.374 e. The molecule has 1 N–H and O–H groups in total. The summed E-state index contributed by atoms with van der Waals surface area (Å²) >= 11 is 3.14. The number of hydrogen-bond acceptors (Lipinski definition) is 5. The zero-order valence-corrected chi connectivity index (χ0v) is 14.9. The summed E-state index contributed by atoms with van der Waals surface area (Å²) in [7, 11) is 0. The van der Waals surface area contributed by atoms with E-state index < -0.39 is 11.5 Å². The highest BCUT2D eigenvalue weighted by Crippen LogP contribution is 2.34. The van der Waals surface area contributed by atoms with E-state index in [9.17, 15) is 9.59 Å². The third kappa shape index (κ3) is 3.17. The summed E-state index contributed by atoms with van der Waals surface area (Å²) in [4.78, 5) is 26.2. The van der Waals surface area contributed by atoms with Gasteiger partial charge in [-0.05, 0) is 54.0 Å². The maximum atomic E-state index is 12.7. The molecule has 1 aliphatic rings. The zero-order valence-electron chi connectivity index (χ0n) is 13.3. The normalized spacial score (nSPS) is 15.6. The maximum Gasteiger partial charge on any atom is 0.374 e. The van der Waals surface area contributed by atoms with Crippen molar-refractivity contribution in [3.8, 4) is 0 Å². The van der Waals surface area contributed by atoms with E-state index in [-0.39, 0.29) is 24.8 Å². The van der Waals surface area contributed by atoms with Crippen LogP contribution in [0.5, 0.6) is 0 Å². The van der Waals surface area contributed by atoms with Gasteiger partial charge in [-0.2, -0.15) is 0 Å². The molecule has 1 aromatic heterocycles. The summed E-state index contributed by atoms with van der Waals surface area (Å²) in [5.74, 6) is -0.511. The molecule has 0 bridgehead atoms. The third-order valence-electron chi connectivity index (χ3n) is 3.74. The number of nitrogens with one attached hydrogen (secondary N) is 1. The second-order valence-electron chi connectivity index (χ2n) is 5.96. The number of rotatable bonds is 4. The molecular formula is C17H17BrN2O4. The van der Waals surface area contributed by atoms with Gasteiger partial charge in [0.1, 0.15) is 12.1 Å². The van der Waals surface area contributed by atoms with Crippen LogP contribution in [0, 0.1) is 0 Å². The Labute approximate surface area is 147 Å². The first-order valence-electron chi connectivity index (χ1n) is 7.50. The van der Waals surface area contributed by atoms with E-state index in [0.29, 0.717) is 4.67 Å². The minimum Gasteiger partial charge on any atom is -0.458 e. The van der Waals surface area contributed by atoms with Crippen LogP contribution in [0.1, 0.15) is 24.4 Å². The van der Waals surface area contributed by atoms with Gasteiger partial charge in [0.05, 0.1) is 17.9 Å². The molecule has 1 aliphatic heterocycles. The van der Waals surface area contributed by atoms with Crippen LogP contribution < -0.4 is 10.2 Å². The van der Waals surface area contributed by atoms with Crippen molar-refractivity contribution in [3.63, 3.8) is 0 Å². The number of carbonyl (C=O) groups excluding carboxylic acids is 2. The molecule has 0 spiro atoms. The molecule has 0 unspecified atom stereocenters. The van der Waals surface area contributed by atoms with Crippen molar-refractivity contribution >= 4 is 39.2 Å². The quantitative estimate of drug-likeness (QED) is 0.806. The predicted molar refractivity (Wildman–Crippen MR) is 93.2 cm³/mol. The number of esters is 1. The minimum atomic E-state index is -0.718. The average molecular weight is 393 g/mol. The Morgan fingerprint density at radius 3 is 2.75 bits per heavy atom. The molecule has 1 aromatic carbocycles. The molecule has 0 atom stereocenters. The second-order valence-corrected chi connectivity index (χ2v) is 6.75. The molecule has 0 saturated heterocycles. The van der Waals surface area contributed by atoms with E-state index in [1.807, 2.05) is 38.1 Å². The van der Waals surface area contributed by atoms with Gasteiger partial charge in [-0.25, -0.2) is 4.79 Å². The van der Waals surface area contributed by atoms with E-state index in [1.54, 1.807) is 11.0 Å². The van der Waals surface area contributed by atoms with Crippen LogP contribution in [0.25, 0.3) is 0 Å². The number of para-hydroxylation sites is 2. The number of furan rings is 1. The standard InChI is InChI=1S/C17H17BrN2O4/c1-17(2)16(22)20(12-6-4-3-5-11(12)19-17)9-10-23-15(21)13-7-8-14(18)24-13/h3-8,19H,9-10H2,1-2H3. The van der Waals surface area contributed by atoms with Gasteiger partial charge in [0.2, 0.25) is 5.76 Å². The van der Waals surface area contributed by atoms with Crippen LogP contribution in [-0.2, 0) is 9.53 Å². The molecule has 0 aliphatic carbocycles. The summed E-state index contributed by atoms with van der Waals surface area (Å²) in [6.45, 7) is 4.00. The number of fused-ring (bicyclic) bond motifs is 1. The van der Waals surface area contributed by atoms with Gasteiger partial charge in [0.15, 0.2) is 4.67 Å². The topological polar surface area (TPSA) is 71.8 Å². The maximum absolute atomic E-state index is 12.7. The van der Waals surface area contributed by atoms with Gasteiger partial charge in [-0.3, -0.25) is 4.79 Å². The van der Waals surface area contributed by atoms with Crippen molar-refractivity contribution < 1.29 is 18.7 Å². The molecule has 3 rings (SSSR count). The number of anilines is 2. The summed E-state index contributed by atoms with van der Waals surface area (Å²) < 4.78 is 10.8. The largest absolute Gasteiger partial charge is 0.458 e. The van der Waals surface area contributed by atoms with Crippen LogP contribution in [0.2, 0.25) is 0 Å². The lowest BCUT2D eigenvalue weighted by Crippen LogP contribution is -2.54. The Bertz CT molecular complexity index is 784. The third-order valence-corrected chi connectivity index (χ3v) is 4.17. The molecule has 126 valence electrons. The zero-order chi connectivity index (χ0) is 17.3. The molecule has 1 amide bonds. The van der Waals surface area contributed by atoms with Crippen LogP contribution in [0.15, 0.2) is 45.5 Å². The SMILES string of the molecule is CC1(C)Nc2ccccc2N(CCOC(=O)c2ccc(Br)o2)C1=O. The lowest BCUT2D eigenvalue weighted by Gasteiger charge is -2.39. The van der Waals surface area contributed by atoms with Crippen molar-refractivity contribution in [2.24, 2.45) is 0 Å². The van der Waals surface area contributed by atoms with Crippen molar-refractivity contribution in [2.45, 2.75) is 19.4 Å². The fraction of sp³-hybridized carbons (Fsp3) is 0.294. The van der Waals surface area contributed by atoms with Crippen LogP contribution in [-0.4, -0.2) is 30.6 Å². The Hall–Kier alpha value is -2.28. The minimum absolute atomic E-state index is 0.0713. The van der Waals surface area contributed by atoms with Gasteiger partial charge in [0.25, 0.3) is 5.91 Å². The monoisotopic (exact) mass is 392 g/mol. The van der Waals surface area contributed by atoms with Gasteiger partial charge >= 0.3 is 5.97 Å². The van der Waals surface area contributed by atoms with E-state index in [4.69, 9.17) is 9.15 Å². The van der Waals surface area contributed by atoms with Gasteiger partial charge in [0, 0.05) is 0 Å². The number of nitrogens with zero attached hydrogens (tertiary/aromatic N) is 1. The number of benzene rings is 1. The first kappa shape index (κ1) is 16.6. The van der Waals surface area contributed by atoms with Crippen molar-refractivity contribution in [3.05, 3.63) is 46.8 Å². The van der Waals surface area contributed by atoms with E-state index in [1.165, 1.54) is 6.07 Å². The molecule has 7 heteroatoms. The van der Waals surface area contributed by atoms with Crippen molar-refractivity contribution in [1.82, 2.24) is 0 Å². The summed E-state index contributed by atoms with van der Waals surface area (Å²) in [6, 6.07) is 10.7. The molecule has 24 heavy (non-hydrogen) atoms. The first-order valence-corrected chi connectivity index (χ1v) is 8.29. The Balaban J connectivity index is 1.70. The molecule has 0 radical (unpaired) electrons. The second kappa shape index (κ2) is 6.32. The van der Waals surface area contributed by atoms with Gasteiger partial charge < -0.3 is 19.4 Å². The lowest BCUT2D eigenvalue weighted by molar-refractivity contribution is -0.122. The number of hydrogen-bond donors (Lipinski definition) is 1. The Kier molecular flexibility index (Phi) is 4.36. The molecule has 0 fully saturated rings. The highest BCUT2D eigenvalue weighted by molar-refractivity contribution is 9.10. The summed E-state index contributed by atoms with van der Waals surface area (Å²) in [5.41, 5.74) is 0.937. The van der Waals surface area contributed by atoms with Crippen molar-refractivity contribution in [2.75, 3.05) is 23.4 Å². The Morgan fingerprint density at radius 1 is 1.29 bits per heavy atom. The number of halogens is 1. The van der Waals surface area contributed by atoms with Crippen LogP contribution in [0.4, 0.5) is 11.4 Å². The van der Waals surface area contributed by atoms with E-state index in [2.05, 4.69) is 21.2 Å². The number of ether oxygens (including phenoxy) is 1. The lowest BCUT2D eigenvalue weighted by atomic mass is 9.98.